The lowest BCUT2D eigenvalue weighted by molar-refractivity contribution is 0.344. The first-order valence-corrected chi connectivity index (χ1v) is 10.1. The number of aromatic nitrogens is 3. The lowest BCUT2D eigenvalue weighted by Gasteiger charge is -2.10. The summed E-state index contributed by atoms with van der Waals surface area (Å²) in [6.45, 7) is 3.66. The highest BCUT2D eigenvalue weighted by molar-refractivity contribution is 7.99. The third-order valence-corrected chi connectivity index (χ3v) is 5.10. The Morgan fingerprint density at radius 3 is 2.58 bits per heavy atom. The molecule has 26 heavy (non-hydrogen) atoms. The van der Waals surface area contributed by atoms with Crippen LogP contribution in [-0.2, 0) is 13.0 Å². The predicted octanol–water partition coefficient (Wildman–Crippen LogP) is 5.10. The first-order chi connectivity index (χ1) is 12.8. The quantitative estimate of drug-likeness (QED) is 0.378. The average Bonchev–Trinajstić information content (AvgIpc) is 3.03. The molecular formula is C20H22ClN3OS. The zero-order valence-electron chi connectivity index (χ0n) is 14.8. The number of hydrogen-bond acceptors (Lipinski definition) is 4. The lowest BCUT2D eigenvalue weighted by atomic mass is 10.1. The zero-order valence-corrected chi connectivity index (χ0v) is 16.3. The van der Waals surface area contributed by atoms with Crippen molar-refractivity contribution in [3.8, 4) is 5.75 Å². The van der Waals surface area contributed by atoms with Crippen molar-refractivity contribution in [2.24, 2.45) is 0 Å². The summed E-state index contributed by atoms with van der Waals surface area (Å²) >= 11 is 7.77. The van der Waals surface area contributed by atoms with Crippen molar-refractivity contribution in [2.45, 2.75) is 31.5 Å². The molecular weight excluding hydrogens is 366 g/mol. The summed E-state index contributed by atoms with van der Waals surface area (Å²) in [5.74, 6) is 2.51. The normalized spacial score (nSPS) is 10.8. The highest BCUT2D eigenvalue weighted by atomic mass is 35.5. The molecule has 0 aliphatic heterocycles. The van der Waals surface area contributed by atoms with Crippen LogP contribution >= 0.6 is 23.4 Å². The number of halogens is 1. The van der Waals surface area contributed by atoms with Crippen LogP contribution < -0.4 is 4.74 Å². The molecule has 0 fully saturated rings. The van der Waals surface area contributed by atoms with Crippen molar-refractivity contribution in [1.29, 1.82) is 0 Å². The first kappa shape index (κ1) is 18.8. The summed E-state index contributed by atoms with van der Waals surface area (Å²) in [5.41, 5.74) is 1.25. The molecule has 3 aromatic rings. The standard InChI is InChI=1S/C20H22ClN3OS/c1-2-12-24-19(15-16-8-4-3-5-9-16)22-23-20(24)26-14-13-25-18-11-7-6-10-17(18)21/h3-11H,2,12-15H2,1H3. The molecule has 0 aliphatic carbocycles. The minimum Gasteiger partial charge on any atom is -0.491 e. The Morgan fingerprint density at radius 1 is 1.04 bits per heavy atom. The molecule has 0 atom stereocenters. The summed E-state index contributed by atoms with van der Waals surface area (Å²) in [7, 11) is 0. The summed E-state index contributed by atoms with van der Waals surface area (Å²) in [4.78, 5) is 0. The van der Waals surface area contributed by atoms with Gasteiger partial charge in [0.1, 0.15) is 11.6 Å². The molecule has 0 saturated carbocycles. The van der Waals surface area contributed by atoms with Gasteiger partial charge in [-0.3, -0.25) is 0 Å². The van der Waals surface area contributed by atoms with E-state index in [1.807, 2.05) is 30.3 Å². The van der Waals surface area contributed by atoms with Crippen molar-refractivity contribution >= 4 is 23.4 Å². The minimum atomic E-state index is 0.571. The van der Waals surface area contributed by atoms with Crippen LogP contribution in [0.3, 0.4) is 0 Å². The molecule has 0 bridgehead atoms. The number of benzene rings is 2. The molecule has 2 aromatic carbocycles. The van der Waals surface area contributed by atoms with E-state index in [0.29, 0.717) is 11.6 Å². The average molecular weight is 388 g/mol. The van der Waals surface area contributed by atoms with Crippen LogP contribution in [0.5, 0.6) is 5.75 Å². The van der Waals surface area contributed by atoms with Gasteiger partial charge in [-0.1, -0.05) is 72.8 Å². The Kier molecular flexibility index (Phi) is 6.97. The second kappa shape index (κ2) is 9.64. The fraction of sp³-hybridized carbons (Fsp3) is 0.300. The molecule has 0 saturated heterocycles. The molecule has 1 heterocycles. The Labute approximate surface area is 163 Å². The van der Waals surface area contributed by atoms with Gasteiger partial charge >= 0.3 is 0 Å². The van der Waals surface area contributed by atoms with E-state index in [0.717, 1.165) is 41.9 Å². The molecule has 0 N–H and O–H groups in total. The smallest absolute Gasteiger partial charge is 0.191 e. The molecule has 6 heteroatoms. The molecule has 136 valence electrons. The van der Waals surface area contributed by atoms with Gasteiger partial charge in [-0.2, -0.15) is 0 Å². The van der Waals surface area contributed by atoms with Gasteiger partial charge in [0.25, 0.3) is 0 Å². The fourth-order valence-electron chi connectivity index (χ4n) is 2.63. The largest absolute Gasteiger partial charge is 0.491 e. The Bertz CT molecular complexity index is 823. The number of ether oxygens (including phenoxy) is 1. The van der Waals surface area contributed by atoms with Gasteiger partial charge in [-0.25, -0.2) is 0 Å². The first-order valence-electron chi connectivity index (χ1n) is 8.74. The predicted molar refractivity (Wildman–Crippen MR) is 107 cm³/mol. The van der Waals surface area contributed by atoms with Gasteiger partial charge in [-0.15, -0.1) is 10.2 Å². The maximum absolute atomic E-state index is 6.11. The summed E-state index contributed by atoms with van der Waals surface area (Å²) in [6, 6.07) is 17.9. The van der Waals surface area contributed by atoms with Gasteiger partial charge in [0.15, 0.2) is 5.16 Å². The second-order valence-corrected chi connectivity index (χ2v) is 7.31. The van der Waals surface area contributed by atoms with Crippen molar-refractivity contribution in [1.82, 2.24) is 14.8 Å². The van der Waals surface area contributed by atoms with Gasteiger partial charge in [0, 0.05) is 18.7 Å². The van der Waals surface area contributed by atoms with Crippen LogP contribution in [0, 0.1) is 0 Å². The van der Waals surface area contributed by atoms with E-state index in [4.69, 9.17) is 16.3 Å². The Hall–Kier alpha value is -1.98. The van der Waals surface area contributed by atoms with Gasteiger partial charge in [0.2, 0.25) is 0 Å². The van der Waals surface area contributed by atoms with Crippen LogP contribution in [0.25, 0.3) is 0 Å². The number of nitrogens with zero attached hydrogens (tertiary/aromatic N) is 3. The highest BCUT2D eigenvalue weighted by Crippen LogP contribution is 2.24. The molecule has 4 nitrogen and oxygen atoms in total. The zero-order chi connectivity index (χ0) is 18.2. The number of hydrogen-bond donors (Lipinski definition) is 0. The van der Waals surface area contributed by atoms with E-state index in [1.54, 1.807) is 11.8 Å². The molecule has 3 rings (SSSR count). The van der Waals surface area contributed by atoms with E-state index < -0.39 is 0 Å². The summed E-state index contributed by atoms with van der Waals surface area (Å²) < 4.78 is 7.97. The number of thioether (sulfide) groups is 1. The SMILES string of the molecule is CCCn1c(Cc2ccccc2)nnc1SCCOc1ccccc1Cl. The fourth-order valence-corrected chi connectivity index (χ4v) is 3.62. The van der Waals surface area contributed by atoms with Crippen molar-refractivity contribution < 1.29 is 4.74 Å². The number of rotatable bonds is 9. The van der Waals surface area contributed by atoms with Crippen LogP contribution in [0.2, 0.25) is 5.02 Å². The lowest BCUT2D eigenvalue weighted by Crippen LogP contribution is -2.07. The van der Waals surface area contributed by atoms with Gasteiger partial charge in [-0.05, 0) is 24.1 Å². The van der Waals surface area contributed by atoms with E-state index in [2.05, 4.69) is 46.0 Å². The van der Waals surface area contributed by atoms with E-state index >= 15 is 0 Å². The summed E-state index contributed by atoms with van der Waals surface area (Å²) in [6.07, 6.45) is 1.84. The van der Waals surface area contributed by atoms with E-state index in [-0.39, 0.29) is 0 Å². The monoisotopic (exact) mass is 387 g/mol. The van der Waals surface area contributed by atoms with Crippen molar-refractivity contribution in [2.75, 3.05) is 12.4 Å². The highest BCUT2D eigenvalue weighted by Gasteiger charge is 2.12. The maximum Gasteiger partial charge on any atom is 0.191 e. The molecule has 0 radical (unpaired) electrons. The molecule has 0 spiro atoms. The Balaban J connectivity index is 1.59. The van der Waals surface area contributed by atoms with Crippen LogP contribution in [0.15, 0.2) is 59.8 Å². The van der Waals surface area contributed by atoms with Crippen LogP contribution in [0.4, 0.5) is 0 Å². The van der Waals surface area contributed by atoms with Crippen molar-refractivity contribution in [3.63, 3.8) is 0 Å². The van der Waals surface area contributed by atoms with Crippen LogP contribution in [-0.4, -0.2) is 27.1 Å². The molecule has 0 aliphatic rings. The van der Waals surface area contributed by atoms with Crippen molar-refractivity contribution in [3.05, 3.63) is 71.0 Å². The van der Waals surface area contributed by atoms with Gasteiger partial charge in [0.05, 0.1) is 11.6 Å². The third kappa shape index (κ3) is 5.02. The second-order valence-electron chi connectivity index (χ2n) is 5.84. The maximum atomic E-state index is 6.11. The van der Waals surface area contributed by atoms with E-state index in [1.165, 1.54) is 5.56 Å². The number of para-hydroxylation sites is 1. The van der Waals surface area contributed by atoms with Crippen LogP contribution in [0.1, 0.15) is 24.7 Å². The minimum absolute atomic E-state index is 0.571. The molecule has 0 amide bonds. The van der Waals surface area contributed by atoms with Gasteiger partial charge < -0.3 is 9.30 Å². The Morgan fingerprint density at radius 2 is 1.81 bits per heavy atom. The molecule has 0 unspecified atom stereocenters. The summed E-state index contributed by atoms with van der Waals surface area (Å²) in [5, 5.41) is 10.4. The molecule has 1 aromatic heterocycles. The third-order valence-electron chi connectivity index (χ3n) is 3.85. The topological polar surface area (TPSA) is 39.9 Å². The van der Waals surface area contributed by atoms with E-state index in [9.17, 15) is 0 Å².